The average Bonchev–Trinajstić information content (AvgIpc) is 3.03. The van der Waals surface area contributed by atoms with Crippen LogP contribution in [0.3, 0.4) is 0 Å². The average molecular weight is 371 g/mol. The number of thiophene rings is 1. The number of halogens is 1. The Bertz CT molecular complexity index is 1030. The number of carbonyl (C=O) groups is 2. The van der Waals surface area contributed by atoms with Gasteiger partial charge >= 0.3 is 0 Å². The second kappa shape index (κ2) is 7.32. The Labute approximate surface area is 151 Å². The number of amides is 2. The molecule has 0 fully saturated rings. The van der Waals surface area contributed by atoms with E-state index in [9.17, 15) is 18.8 Å². The number of nitrogens with one attached hydrogen (secondary N) is 1. The third kappa shape index (κ3) is 3.86. The lowest BCUT2D eigenvalue weighted by Gasteiger charge is -2.07. The van der Waals surface area contributed by atoms with Gasteiger partial charge in [0.2, 0.25) is 5.91 Å². The van der Waals surface area contributed by atoms with E-state index in [2.05, 4.69) is 5.32 Å². The zero-order valence-electron chi connectivity index (χ0n) is 13.4. The Balaban J connectivity index is 1.85. The van der Waals surface area contributed by atoms with E-state index in [0.717, 1.165) is 33.3 Å². The van der Waals surface area contributed by atoms with Crippen molar-refractivity contribution in [2.75, 3.05) is 5.32 Å². The Hall–Kier alpha value is -3.26. The van der Waals surface area contributed by atoms with E-state index in [4.69, 9.17) is 5.73 Å². The first-order valence-corrected chi connectivity index (χ1v) is 8.40. The number of nitrogens with zero attached hydrogens (tertiary/aromatic N) is 1. The zero-order valence-corrected chi connectivity index (χ0v) is 14.3. The molecule has 0 saturated heterocycles. The normalized spacial score (nSPS) is 10.5. The van der Waals surface area contributed by atoms with Crippen LogP contribution >= 0.6 is 11.3 Å². The van der Waals surface area contributed by atoms with E-state index in [-0.39, 0.29) is 17.1 Å². The first kappa shape index (κ1) is 17.6. The van der Waals surface area contributed by atoms with Crippen molar-refractivity contribution in [3.8, 4) is 10.4 Å². The molecule has 3 N–H and O–H groups in total. The highest BCUT2D eigenvalue weighted by atomic mass is 32.1. The van der Waals surface area contributed by atoms with Crippen LogP contribution in [0.4, 0.5) is 9.39 Å². The molecule has 0 bridgehead atoms. The quantitative estimate of drug-likeness (QED) is 0.721. The maximum atomic E-state index is 13.2. The maximum Gasteiger partial charge on any atom is 0.251 e. The highest BCUT2D eigenvalue weighted by molar-refractivity contribution is 7.20. The first-order valence-electron chi connectivity index (χ1n) is 7.59. The van der Waals surface area contributed by atoms with Crippen molar-refractivity contribution in [2.45, 2.75) is 6.54 Å². The minimum absolute atomic E-state index is 0.175. The monoisotopic (exact) mass is 371 g/mol. The van der Waals surface area contributed by atoms with Crippen LogP contribution in [0.2, 0.25) is 0 Å². The fourth-order valence-corrected chi connectivity index (χ4v) is 3.44. The van der Waals surface area contributed by atoms with Gasteiger partial charge in [-0.2, -0.15) is 0 Å². The summed E-state index contributed by atoms with van der Waals surface area (Å²) in [5, 5.41) is 2.86. The molecule has 2 aromatic heterocycles. The van der Waals surface area contributed by atoms with Crippen molar-refractivity contribution in [1.29, 1.82) is 0 Å². The summed E-state index contributed by atoms with van der Waals surface area (Å²) in [5.41, 5.74) is 5.93. The lowest BCUT2D eigenvalue weighted by molar-refractivity contribution is -0.116. The van der Waals surface area contributed by atoms with Gasteiger partial charge in [-0.25, -0.2) is 4.39 Å². The molecule has 0 unspecified atom stereocenters. The standard InChI is InChI=1S/C18H14FN3O3S/c19-12-6-7-16(24)22(9-12)10-15(23)21-18-13(17(20)25)8-14(26-18)11-4-2-1-3-5-11/h1-9H,10H2,(H2,20,25)(H,21,23). The predicted octanol–water partition coefficient (Wildman–Crippen LogP) is 2.45. The number of hydrogen-bond donors (Lipinski definition) is 2. The highest BCUT2D eigenvalue weighted by Gasteiger charge is 2.17. The first-order chi connectivity index (χ1) is 12.4. The molecule has 26 heavy (non-hydrogen) atoms. The van der Waals surface area contributed by atoms with E-state index in [0.29, 0.717) is 0 Å². The van der Waals surface area contributed by atoms with Crippen molar-refractivity contribution >= 4 is 28.2 Å². The van der Waals surface area contributed by atoms with E-state index in [1.54, 1.807) is 6.07 Å². The topological polar surface area (TPSA) is 94.2 Å². The van der Waals surface area contributed by atoms with E-state index >= 15 is 0 Å². The van der Waals surface area contributed by atoms with Gasteiger partial charge in [-0.1, -0.05) is 30.3 Å². The van der Waals surface area contributed by atoms with Gasteiger partial charge in [-0.3, -0.25) is 14.4 Å². The number of aromatic nitrogens is 1. The van der Waals surface area contributed by atoms with E-state index in [1.807, 2.05) is 30.3 Å². The minimum atomic E-state index is -0.679. The van der Waals surface area contributed by atoms with Crippen molar-refractivity contribution in [2.24, 2.45) is 5.73 Å². The maximum absolute atomic E-state index is 13.2. The Kier molecular flexibility index (Phi) is 4.94. The molecule has 0 saturated carbocycles. The fourth-order valence-electron chi connectivity index (χ4n) is 2.36. The van der Waals surface area contributed by atoms with Crippen LogP contribution in [-0.2, 0) is 11.3 Å². The molecular weight excluding hydrogens is 357 g/mol. The van der Waals surface area contributed by atoms with Crippen LogP contribution in [0.25, 0.3) is 10.4 Å². The predicted molar refractivity (Wildman–Crippen MR) is 97.6 cm³/mol. The smallest absolute Gasteiger partial charge is 0.251 e. The molecular formula is C18H14FN3O3S. The lowest BCUT2D eigenvalue weighted by Crippen LogP contribution is -2.27. The van der Waals surface area contributed by atoms with Crippen molar-refractivity contribution in [3.63, 3.8) is 0 Å². The molecule has 6 nitrogen and oxygen atoms in total. The van der Waals surface area contributed by atoms with Crippen LogP contribution in [-0.4, -0.2) is 16.4 Å². The highest BCUT2D eigenvalue weighted by Crippen LogP contribution is 2.35. The molecule has 0 atom stereocenters. The van der Waals surface area contributed by atoms with Crippen molar-refractivity contribution in [1.82, 2.24) is 4.57 Å². The summed E-state index contributed by atoms with van der Waals surface area (Å²) in [5.74, 6) is -1.87. The number of benzene rings is 1. The molecule has 2 heterocycles. The summed E-state index contributed by atoms with van der Waals surface area (Å²) < 4.78 is 14.2. The van der Waals surface area contributed by atoms with E-state index < -0.39 is 23.2 Å². The number of primary amides is 1. The van der Waals surface area contributed by atoms with Gasteiger partial charge in [0.15, 0.2) is 0 Å². The molecule has 0 radical (unpaired) electrons. The lowest BCUT2D eigenvalue weighted by atomic mass is 10.1. The third-order valence-electron chi connectivity index (χ3n) is 3.57. The summed E-state index contributed by atoms with van der Waals surface area (Å²) in [6.07, 6.45) is 0.945. The Morgan fingerprint density at radius 1 is 1.15 bits per heavy atom. The van der Waals surface area contributed by atoms with Gasteiger partial charge < -0.3 is 15.6 Å². The van der Waals surface area contributed by atoms with Gasteiger partial charge in [0.05, 0.1) is 5.56 Å². The molecule has 0 spiro atoms. The molecule has 0 aliphatic heterocycles. The second-order valence-electron chi connectivity index (χ2n) is 5.45. The van der Waals surface area contributed by atoms with Crippen LogP contribution in [0.1, 0.15) is 10.4 Å². The Morgan fingerprint density at radius 3 is 2.58 bits per heavy atom. The molecule has 3 aromatic rings. The SMILES string of the molecule is NC(=O)c1cc(-c2ccccc2)sc1NC(=O)Cn1cc(F)ccc1=O. The van der Waals surface area contributed by atoms with Gasteiger partial charge in [0, 0.05) is 17.1 Å². The molecule has 3 rings (SSSR count). The number of rotatable bonds is 5. The summed E-state index contributed by atoms with van der Waals surface area (Å²) in [4.78, 5) is 36.3. The molecule has 2 amide bonds. The molecule has 1 aromatic carbocycles. The number of nitrogens with two attached hydrogens (primary N) is 1. The van der Waals surface area contributed by atoms with Crippen LogP contribution in [0.15, 0.2) is 59.5 Å². The summed E-state index contributed by atoms with van der Waals surface area (Å²) in [7, 11) is 0. The van der Waals surface area contributed by atoms with Gasteiger partial charge in [-0.15, -0.1) is 11.3 Å². The van der Waals surface area contributed by atoms with Gasteiger partial charge in [0.25, 0.3) is 11.5 Å². The van der Waals surface area contributed by atoms with Crippen LogP contribution in [0.5, 0.6) is 0 Å². The Morgan fingerprint density at radius 2 is 1.88 bits per heavy atom. The van der Waals surface area contributed by atoms with Gasteiger partial charge in [-0.05, 0) is 17.7 Å². The van der Waals surface area contributed by atoms with Crippen molar-refractivity contribution < 1.29 is 14.0 Å². The van der Waals surface area contributed by atoms with E-state index in [1.165, 1.54) is 11.3 Å². The number of hydrogen-bond acceptors (Lipinski definition) is 4. The second-order valence-corrected chi connectivity index (χ2v) is 6.50. The van der Waals surface area contributed by atoms with Crippen LogP contribution < -0.4 is 16.6 Å². The summed E-state index contributed by atoms with van der Waals surface area (Å²) in [6.45, 7) is -0.382. The zero-order chi connectivity index (χ0) is 18.7. The number of anilines is 1. The number of pyridine rings is 1. The van der Waals surface area contributed by atoms with Gasteiger partial charge in [0.1, 0.15) is 17.4 Å². The summed E-state index contributed by atoms with van der Waals surface area (Å²) >= 11 is 1.19. The fraction of sp³-hybridized carbons (Fsp3) is 0.0556. The summed E-state index contributed by atoms with van der Waals surface area (Å²) in [6, 6.07) is 13.0. The largest absolute Gasteiger partial charge is 0.366 e. The molecule has 0 aliphatic carbocycles. The number of carbonyl (C=O) groups excluding carboxylic acids is 2. The molecule has 132 valence electrons. The van der Waals surface area contributed by atoms with Crippen molar-refractivity contribution in [3.05, 3.63) is 76.5 Å². The third-order valence-corrected chi connectivity index (χ3v) is 4.67. The van der Waals surface area contributed by atoms with Crippen LogP contribution in [0, 0.1) is 5.82 Å². The molecule has 8 heteroatoms. The minimum Gasteiger partial charge on any atom is -0.366 e. The molecule has 0 aliphatic rings.